The molecular weight excluding hydrogens is 321 g/mol. The second-order valence-electron chi connectivity index (χ2n) is 5.72. The van der Waals surface area contributed by atoms with E-state index in [1.54, 1.807) is 6.92 Å². The van der Waals surface area contributed by atoms with Crippen molar-refractivity contribution in [2.75, 3.05) is 13.1 Å². The highest BCUT2D eigenvalue weighted by atomic mass is 19.4. The van der Waals surface area contributed by atoms with Gasteiger partial charge in [-0.1, -0.05) is 30.3 Å². The standard InChI is InChI=1S/C17H19F3N2O2/c1-12(13-6-3-2-4-7-13)10-15(23)22-9-5-8-14(22)16(24)21-11-17(18,19)20/h2-4,6-7,10,14H,5,8-9,11H2,1H3,(H,21,24)/b12-10+/t14-/m0/s1. The number of likely N-dealkylation sites (tertiary alicyclic amines) is 1. The first kappa shape index (κ1) is 18.0. The lowest BCUT2D eigenvalue weighted by molar-refractivity contribution is -0.143. The third kappa shape index (κ3) is 4.84. The Bertz CT molecular complexity index is 626. The molecule has 1 N–H and O–H groups in total. The SMILES string of the molecule is C/C(=C\C(=O)N1CCC[C@H]1C(=O)NCC(F)(F)F)c1ccccc1. The van der Waals surface area contributed by atoms with E-state index in [2.05, 4.69) is 0 Å². The van der Waals surface area contributed by atoms with Crippen molar-refractivity contribution in [3.05, 3.63) is 42.0 Å². The molecule has 0 unspecified atom stereocenters. The first-order valence-electron chi connectivity index (χ1n) is 7.67. The van der Waals surface area contributed by atoms with Crippen molar-refractivity contribution in [1.82, 2.24) is 10.2 Å². The van der Waals surface area contributed by atoms with E-state index in [1.165, 1.54) is 11.0 Å². The van der Waals surface area contributed by atoms with Gasteiger partial charge in [-0.05, 0) is 30.9 Å². The number of halogens is 3. The van der Waals surface area contributed by atoms with Crippen LogP contribution in [0.5, 0.6) is 0 Å². The summed E-state index contributed by atoms with van der Waals surface area (Å²) < 4.78 is 36.6. The predicted octanol–water partition coefficient (Wildman–Crippen LogP) is 2.76. The number of benzene rings is 1. The van der Waals surface area contributed by atoms with Crippen molar-refractivity contribution in [1.29, 1.82) is 0 Å². The Balaban J connectivity index is 2.04. The fraction of sp³-hybridized carbons (Fsp3) is 0.412. The molecule has 1 aliphatic heterocycles. The molecule has 0 saturated carbocycles. The van der Waals surface area contributed by atoms with Gasteiger partial charge in [0.1, 0.15) is 12.6 Å². The smallest absolute Gasteiger partial charge is 0.345 e. The highest BCUT2D eigenvalue weighted by Gasteiger charge is 2.35. The summed E-state index contributed by atoms with van der Waals surface area (Å²) in [6.45, 7) is 0.757. The van der Waals surface area contributed by atoms with Crippen LogP contribution in [-0.2, 0) is 9.59 Å². The third-order valence-corrected chi connectivity index (χ3v) is 3.87. The highest BCUT2D eigenvalue weighted by molar-refractivity contribution is 5.98. The maximum absolute atomic E-state index is 12.4. The summed E-state index contributed by atoms with van der Waals surface area (Å²) in [4.78, 5) is 25.7. The molecule has 0 aromatic heterocycles. The number of hydrogen-bond donors (Lipinski definition) is 1. The number of hydrogen-bond acceptors (Lipinski definition) is 2. The zero-order chi connectivity index (χ0) is 17.7. The van der Waals surface area contributed by atoms with Crippen LogP contribution in [0.1, 0.15) is 25.3 Å². The fourth-order valence-corrected chi connectivity index (χ4v) is 2.66. The first-order valence-corrected chi connectivity index (χ1v) is 7.67. The number of nitrogens with one attached hydrogen (secondary N) is 1. The number of carbonyl (C=O) groups excluding carboxylic acids is 2. The molecule has 0 spiro atoms. The molecule has 130 valence electrons. The Labute approximate surface area is 138 Å². The lowest BCUT2D eigenvalue weighted by Crippen LogP contribution is -2.47. The van der Waals surface area contributed by atoms with Crippen LogP contribution in [0.2, 0.25) is 0 Å². The van der Waals surface area contributed by atoms with E-state index in [9.17, 15) is 22.8 Å². The number of amides is 2. The van der Waals surface area contributed by atoms with E-state index in [0.29, 0.717) is 19.4 Å². The van der Waals surface area contributed by atoms with Gasteiger partial charge < -0.3 is 10.2 Å². The van der Waals surface area contributed by atoms with Crippen LogP contribution in [0.3, 0.4) is 0 Å². The molecule has 1 fully saturated rings. The minimum absolute atomic E-state index is 0.360. The second kappa shape index (κ2) is 7.51. The van der Waals surface area contributed by atoms with E-state index >= 15 is 0 Å². The number of alkyl halides is 3. The molecule has 1 aromatic carbocycles. The van der Waals surface area contributed by atoms with Crippen LogP contribution in [-0.4, -0.2) is 42.0 Å². The van der Waals surface area contributed by atoms with Crippen LogP contribution in [0.4, 0.5) is 13.2 Å². The maximum atomic E-state index is 12.4. The monoisotopic (exact) mass is 340 g/mol. The van der Waals surface area contributed by atoms with Gasteiger partial charge in [0.15, 0.2) is 0 Å². The van der Waals surface area contributed by atoms with Gasteiger partial charge in [0, 0.05) is 12.6 Å². The molecule has 1 aliphatic rings. The van der Waals surface area contributed by atoms with Crippen molar-refractivity contribution < 1.29 is 22.8 Å². The Morgan fingerprint density at radius 3 is 2.58 bits per heavy atom. The molecule has 1 aromatic rings. The number of rotatable bonds is 4. The normalized spacial score (nSPS) is 18.6. The summed E-state index contributed by atoms with van der Waals surface area (Å²) in [7, 11) is 0. The molecule has 1 saturated heterocycles. The van der Waals surface area contributed by atoms with E-state index in [1.807, 2.05) is 35.6 Å². The molecule has 0 aliphatic carbocycles. The van der Waals surface area contributed by atoms with Crippen LogP contribution in [0.15, 0.2) is 36.4 Å². The number of carbonyl (C=O) groups is 2. The molecule has 1 atom stereocenters. The van der Waals surface area contributed by atoms with Gasteiger partial charge >= 0.3 is 6.18 Å². The molecule has 0 bridgehead atoms. The summed E-state index contributed by atoms with van der Waals surface area (Å²) in [5.41, 5.74) is 1.62. The van der Waals surface area contributed by atoms with E-state index < -0.39 is 24.7 Å². The summed E-state index contributed by atoms with van der Waals surface area (Å²) >= 11 is 0. The Morgan fingerprint density at radius 2 is 1.96 bits per heavy atom. The van der Waals surface area contributed by atoms with Crippen molar-refractivity contribution in [3.63, 3.8) is 0 Å². The summed E-state index contributed by atoms with van der Waals surface area (Å²) in [6, 6.07) is 8.42. The average molecular weight is 340 g/mol. The summed E-state index contributed by atoms with van der Waals surface area (Å²) in [6.07, 6.45) is -2.08. The third-order valence-electron chi connectivity index (χ3n) is 3.87. The van der Waals surface area contributed by atoms with Crippen molar-refractivity contribution >= 4 is 17.4 Å². The molecule has 1 heterocycles. The quantitative estimate of drug-likeness (QED) is 0.857. The van der Waals surface area contributed by atoms with Crippen LogP contribution >= 0.6 is 0 Å². The van der Waals surface area contributed by atoms with Crippen molar-refractivity contribution in [2.45, 2.75) is 32.0 Å². The summed E-state index contributed by atoms with van der Waals surface area (Å²) in [5.74, 6) is -1.12. The van der Waals surface area contributed by atoms with Crippen LogP contribution in [0.25, 0.3) is 5.57 Å². The Kier molecular flexibility index (Phi) is 5.64. The van der Waals surface area contributed by atoms with E-state index in [-0.39, 0.29) is 5.91 Å². The largest absolute Gasteiger partial charge is 0.405 e. The summed E-state index contributed by atoms with van der Waals surface area (Å²) in [5, 5.41) is 1.86. The zero-order valence-electron chi connectivity index (χ0n) is 13.3. The lowest BCUT2D eigenvalue weighted by atomic mass is 10.1. The molecule has 7 heteroatoms. The molecule has 4 nitrogen and oxygen atoms in total. The van der Waals surface area contributed by atoms with Crippen LogP contribution in [0, 0.1) is 0 Å². The van der Waals surface area contributed by atoms with Crippen molar-refractivity contribution in [2.24, 2.45) is 0 Å². The van der Waals surface area contributed by atoms with E-state index in [4.69, 9.17) is 0 Å². The van der Waals surface area contributed by atoms with Gasteiger partial charge in [0.25, 0.3) is 0 Å². The molecule has 2 rings (SSSR count). The highest BCUT2D eigenvalue weighted by Crippen LogP contribution is 2.21. The topological polar surface area (TPSA) is 49.4 Å². The number of allylic oxidation sites excluding steroid dienone is 1. The van der Waals surface area contributed by atoms with Gasteiger partial charge in [-0.3, -0.25) is 9.59 Å². The van der Waals surface area contributed by atoms with Gasteiger partial charge in [0.2, 0.25) is 11.8 Å². The predicted molar refractivity (Wildman–Crippen MR) is 83.9 cm³/mol. The van der Waals surface area contributed by atoms with Gasteiger partial charge in [-0.2, -0.15) is 13.2 Å². The zero-order valence-corrected chi connectivity index (χ0v) is 13.3. The minimum Gasteiger partial charge on any atom is -0.345 e. The van der Waals surface area contributed by atoms with Crippen molar-refractivity contribution in [3.8, 4) is 0 Å². The number of nitrogens with zero attached hydrogens (tertiary/aromatic N) is 1. The second-order valence-corrected chi connectivity index (χ2v) is 5.72. The Hall–Kier alpha value is -2.31. The van der Waals surface area contributed by atoms with Crippen LogP contribution < -0.4 is 5.32 Å². The van der Waals surface area contributed by atoms with E-state index in [0.717, 1.165) is 11.1 Å². The molecule has 24 heavy (non-hydrogen) atoms. The lowest BCUT2D eigenvalue weighted by Gasteiger charge is -2.23. The molecule has 0 radical (unpaired) electrons. The Morgan fingerprint density at radius 1 is 1.29 bits per heavy atom. The average Bonchev–Trinajstić information content (AvgIpc) is 3.02. The van der Waals surface area contributed by atoms with Gasteiger partial charge in [-0.25, -0.2) is 0 Å². The first-order chi connectivity index (χ1) is 11.3. The van der Waals surface area contributed by atoms with Gasteiger partial charge in [-0.15, -0.1) is 0 Å². The minimum atomic E-state index is -4.47. The molecule has 2 amide bonds. The fourth-order valence-electron chi connectivity index (χ4n) is 2.66. The molecular formula is C17H19F3N2O2. The maximum Gasteiger partial charge on any atom is 0.405 e. The van der Waals surface area contributed by atoms with Gasteiger partial charge in [0.05, 0.1) is 0 Å².